The summed E-state index contributed by atoms with van der Waals surface area (Å²) in [6.45, 7) is 2.83. The van der Waals surface area contributed by atoms with Crippen LogP contribution in [0.25, 0.3) is 0 Å². The molecule has 1 fully saturated rings. The molecule has 7 heteroatoms. The molecule has 3 aliphatic rings. The molecular weight excluding hydrogens is 310 g/mol. The fraction of sp³-hybridized carbons (Fsp3) is 0.800. The summed E-state index contributed by atoms with van der Waals surface area (Å²) in [4.78, 5) is 4.92. The summed E-state index contributed by atoms with van der Waals surface area (Å²) in [5, 5.41) is 0. The monoisotopic (exact) mass is 333 g/mol. The van der Waals surface area contributed by atoms with E-state index in [0.29, 0.717) is 0 Å². The van der Waals surface area contributed by atoms with Crippen LogP contribution in [0.1, 0.15) is 58.3 Å². The number of aliphatic imine (C=N–C) groups is 1. The lowest BCUT2D eigenvalue weighted by Crippen LogP contribution is -2.62. The molecule has 0 bridgehead atoms. The van der Waals surface area contributed by atoms with Gasteiger partial charge < -0.3 is 4.74 Å². The Balaban J connectivity index is 0.000000309. The molecule has 0 aromatic heterocycles. The highest BCUT2D eigenvalue weighted by Gasteiger charge is 2.62. The molecule has 1 N–H and O–H groups in total. The molecule has 126 valence electrons. The van der Waals surface area contributed by atoms with Gasteiger partial charge in [-0.05, 0) is 32.6 Å². The van der Waals surface area contributed by atoms with Crippen LogP contribution in [0.2, 0.25) is 0 Å². The minimum Gasteiger partial charge on any atom is -0.481 e. The number of nitrogens with zero attached hydrogens (tertiary/aromatic N) is 1. The van der Waals surface area contributed by atoms with E-state index in [0.717, 1.165) is 25.3 Å². The zero-order valence-electron chi connectivity index (χ0n) is 12.9. The third-order valence-corrected chi connectivity index (χ3v) is 4.93. The maximum Gasteiger partial charge on any atom is 0.193 e. The molecule has 1 saturated carbocycles. The number of ether oxygens (including phenoxy) is 1. The Hall–Kier alpha value is -0.660. The van der Waals surface area contributed by atoms with Crippen molar-refractivity contribution >= 4 is 5.90 Å². The summed E-state index contributed by atoms with van der Waals surface area (Å²) in [6.07, 6.45) is 15.0. The van der Waals surface area contributed by atoms with Crippen LogP contribution in [-0.4, -0.2) is 22.7 Å². The van der Waals surface area contributed by atoms with Crippen molar-refractivity contribution < 1.29 is 33.6 Å². The van der Waals surface area contributed by atoms with Crippen LogP contribution in [0.3, 0.4) is 0 Å². The zero-order chi connectivity index (χ0) is 16.3. The molecule has 1 aliphatic heterocycles. The average Bonchev–Trinajstić information content (AvgIpc) is 2.38. The van der Waals surface area contributed by atoms with Gasteiger partial charge in [-0.15, -0.1) is 0 Å². The topological polar surface area (TPSA) is 111 Å². The van der Waals surface area contributed by atoms with Gasteiger partial charge in [-0.1, -0.05) is 37.8 Å². The normalized spacial score (nSPS) is 33.8. The van der Waals surface area contributed by atoms with Crippen LogP contribution < -0.4 is 14.0 Å². The van der Waals surface area contributed by atoms with Crippen LogP contribution >= 0.6 is 0 Å². The second-order valence-corrected chi connectivity index (χ2v) is 6.95. The van der Waals surface area contributed by atoms with E-state index in [1.165, 1.54) is 38.5 Å². The van der Waals surface area contributed by atoms with Gasteiger partial charge >= 0.3 is 0 Å². The molecule has 0 saturated heterocycles. The van der Waals surface area contributed by atoms with Crippen molar-refractivity contribution in [2.24, 2.45) is 10.4 Å². The molecule has 0 aromatic rings. The minimum absolute atomic E-state index is 0.215. The van der Waals surface area contributed by atoms with Crippen LogP contribution in [0.5, 0.6) is 0 Å². The fourth-order valence-electron chi connectivity index (χ4n) is 3.98. The molecule has 6 nitrogen and oxygen atoms in total. The van der Waals surface area contributed by atoms with E-state index in [1.54, 1.807) is 0 Å². The molecule has 2 aliphatic carbocycles. The first-order chi connectivity index (χ1) is 10.3. The highest BCUT2D eigenvalue weighted by atomic mass is 35.7. The molecule has 0 radical (unpaired) electrons. The van der Waals surface area contributed by atoms with Gasteiger partial charge in [-0.25, -0.2) is 4.99 Å². The Bertz CT molecular complexity index is 442. The maximum atomic E-state index is 8.60. The molecule has 2 atom stereocenters. The van der Waals surface area contributed by atoms with Gasteiger partial charge in [0, 0.05) is 0 Å². The van der Waals surface area contributed by atoms with Crippen molar-refractivity contribution in [3.05, 3.63) is 12.2 Å². The first-order valence-electron chi connectivity index (χ1n) is 7.84. The lowest BCUT2D eigenvalue weighted by atomic mass is 9.54. The van der Waals surface area contributed by atoms with Gasteiger partial charge in [0.25, 0.3) is 0 Å². The van der Waals surface area contributed by atoms with Crippen molar-refractivity contribution in [1.29, 1.82) is 0 Å². The fourth-order valence-corrected chi connectivity index (χ4v) is 3.98. The summed E-state index contributed by atoms with van der Waals surface area (Å²) in [5.74, 6) is 1.08. The number of halogens is 1. The predicted molar refractivity (Wildman–Crippen MR) is 72.5 cm³/mol. The SMILES string of the molecule is CCOC1=N[C@@]23CC=CC[C@]12CCCCCC3.[O-][Cl+3]([O-])([O-])O. The van der Waals surface area contributed by atoms with E-state index in [1.807, 2.05) is 0 Å². The van der Waals surface area contributed by atoms with Crippen molar-refractivity contribution in [3.8, 4) is 0 Å². The van der Waals surface area contributed by atoms with E-state index in [2.05, 4.69) is 19.1 Å². The number of rotatable bonds is 1. The summed E-state index contributed by atoms with van der Waals surface area (Å²) >= 11 is 0. The third kappa shape index (κ3) is 3.63. The zero-order valence-corrected chi connectivity index (χ0v) is 13.7. The van der Waals surface area contributed by atoms with Gasteiger partial charge in [0.15, 0.2) is 5.90 Å². The summed E-state index contributed by atoms with van der Waals surface area (Å²) in [6, 6.07) is 0. The molecule has 0 aromatic carbocycles. The minimum atomic E-state index is -4.69. The molecule has 0 amide bonds. The van der Waals surface area contributed by atoms with Gasteiger partial charge in [-0.3, -0.25) is 0 Å². The van der Waals surface area contributed by atoms with Crippen LogP contribution in [-0.2, 0) is 4.74 Å². The Labute approximate surface area is 133 Å². The van der Waals surface area contributed by atoms with E-state index >= 15 is 0 Å². The van der Waals surface area contributed by atoms with Crippen LogP contribution in [0.15, 0.2) is 17.1 Å². The van der Waals surface area contributed by atoms with E-state index in [9.17, 15) is 0 Å². The molecule has 22 heavy (non-hydrogen) atoms. The highest BCUT2D eigenvalue weighted by Crippen LogP contribution is 2.58. The average molecular weight is 334 g/mol. The van der Waals surface area contributed by atoms with Crippen molar-refractivity contribution in [3.63, 3.8) is 0 Å². The number of hydrogen-bond acceptors (Lipinski definition) is 6. The Morgan fingerprint density at radius 1 is 1.14 bits per heavy atom. The van der Waals surface area contributed by atoms with Crippen LogP contribution in [0.4, 0.5) is 0 Å². The number of hydrogen-bond donors (Lipinski definition) is 1. The maximum absolute atomic E-state index is 8.60. The standard InChI is InChI=1S/C15H23NO.ClHO4/c1-2-17-13-14-9-5-3-4-6-11-15(14,16-13)12-8-7-10-14;2-1(3,4)5/h7-8H,2-6,9-12H2,1H3;(H,2,3,4,5)/t14-,15+;/m1./s1. The van der Waals surface area contributed by atoms with E-state index in [4.69, 9.17) is 28.4 Å². The quantitative estimate of drug-likeness (QED) is 0.664. The smallest absolute Gasteiger partial charge is 0.193 e. The molecule has 0 unspecified atom stereocenters. The third-order valence-electron chi connectivity index (χ3n) is 4.93. The van der Waals surface area contributed by atoms with E-state index < -0.39 is 10.2 Å². The molecule has 0 spiro atoms. The second-order valence-electron chi connectivity index (χ2n) is 6.15. The summed E-state index contributed by atoms with van der Waals surface area (Å²) in [7, 11) is -4.69. The Morgan fingerprint density at radius 3 is 2.36 bits per heavy atom. The van der Waals surface area contributed by atoms with Crippen LogP contribution in [0, 0.1) is 15.7 Å². The van der Waals surface area contributed by atoms with E-state index in [-0.39, 0.29) is 11.0 Å². The van der Waals surface area contributed by atoms with Gasteiger partial charge in [0.1, 0.15) is 0 Å². The summed E-state index contributed by atoms with van der Waals surface area (Å²) < 4.78 is 38.5. The lowest BCUT2D eigenvalue weighted by molar-refractivity contribution is -1.92. The Morgan fingerprint density at radius 2 is 1.73 bits per heavy atom. The summed E-state index contributed by atoms with van der Waals surface area (Å²) in [5.41, 5.74) is 0.491. The lowest BCUT2D eigenvalue weighted by Gasteiger charge is -2.57. The van der Waals surface area contributed by atoms with Crippen molar-refractivity contribution in [2.75, 3.05) is 6.61 Å². The van der Waals surface area contributed by atoms with Crippen molar-refractivity contribution in [1.82, 2.24) is 0 Å². The predicted octanol–water partition coefficient (Wildman–Crippen LogP) is -0.260. The molecular formula is C15H24ClNO5. The first-order valence-corrected chi connectivity index (χ1v) is 9.11. The second kappa shape index (κ2) is 6.84. The number of allylic oxidation sites excluding steroid dienone is 1. The van der Waals surface area contributed by atoms with Gasteiger partial charge in [0.2, 0.25) is 0 Å². The van der Waals surface area contributed by atoms with Gasteiger partial charge in [0.05, 0.1) is 32.5 Å². The Kier molecular flexibility index (Phi) is 5.50. The first kappa shape index (κ1) is 17.7. The molecule has 1 heterocycles. The highest BCUT2D eigenvalue weighted by molar-refractivity contribution is 5.91. The van der Waals surface area contributed by atoms with Crippen molar-refractivity contribution in [2.45, 2.75) is 63.8 Å². The molecule has 3 rings (SSSR count). The van der Waals surface area contributed by atoms with Gasteiger partial charge in [-0.2, -0.15) is 14.0 Å². The largest absolute Gasteiger partial charge is 0.481 e.